The van der Waals surface area contributed by atoms with E-state index in [1.807, 2.05) is 6.07 Å². The number of benzene rings is 1. The van der Waals surface area contributed by atoms with Crippen molar-refractivity contribution < 1.29 is 0 Å². The molecule has 1 aliphatic rings. The van der Waals surface area contributed by atoms with Crippen LogP contribution < -0.4 is 10.6 Å². The van der Waals surface area contributed by atoms with Crippen molar-refractivity contribution in [2.75, 3.05) is 23.7 Å². The fourth-order valence-corrected chi connectivity index (χ4v) is 3.00. The number of fused-ring (bicyclic) bond motifs is 1. The zero-order valence-electron chi connectivity index (χ0n) is 11.2. The van der Waals surface area contributed by atoms with Gasteiger partial charge in [0, 0.05) is 13.1 Å². The van der Waals surface area contributed by atoms with E-state index in [1.165, 1.54) is 17.7 Å². The largest absolute Gasteiger partial charge is 0.397 e. The summed E-state index contributed by atoms with van der Waals surface area (Å²) < 4.78 is 0. The predicted octanol–water partition coefficient (Wildman–Crippen LogP) is 3.31. The van der Waals surface area contributed by atoms with Crippen molar-refractivity contribution in [3.63, 3.8) is 0 Å². The molecule has 0 saturated carbocycles. The summed E-state index contributed by atoms with van der Waals surface area (Å²) in [7, 11) is 0. The van der Waals surface area contributed by atoms with Gasteiger partial charge in [-0.15, -0.1) is 0 Å². The molecule has 0 bridgehead atoms. The lowest BCUT2D eigenvalue weighted by molar-refractivity contribution is 0.438. The number of para-hydroxylation sites is 1. The van der Waals surface area contributed by atoms with E-state index < -0.39 is 0 Å². The molecule has 0 aromatic heterocycles. The Morgan fingerprint density at radius 2 is 2.06 bits per heavy atom. The van der Waals surface area contributed by atoms with Gasteiger partial charge in [0.15, 0.2) is 0 Å². The molecule has 2 heteroatoms. The maximum atomic E-state index is 6.10. The van der Waals surface area contributed by atoms with Crippen molar-refractivity contribution in [2.45, 2.75) is 33.6 Å². The predicted molar refractivity (Wildman–Crippen MR) is 75.4 cm³/mol. The Morgan fingerprint density at radius 3 is 2.76 bits per heavy atom. The Bertz CT molecular complexity index is 385. The van der Waals surface area contributed by atoms with Crippen LogP contribution in [0.5, 0.6) is 0 Å². The summed E-state index contributed by atoms with van der Waals surface area (Å²) in [5.74, 6) is 1.51. The van der Waals surface area contributed by atoms with Crippen LogP contribution in [0.1, 0.15) is 32.8 Å². The molecule has 94 valence electrons. The molecule has 1 aliphatic heterocycles. The van der Waals surface area contributed by atoms with Crippen molar-refractivity contribution in [1.29, 1.82) is 0 Å². The summed E-state index contributed by atoms with van der Waals surface area (Å²) in [5.41, 5.74) is 9.75. The van der Waals surface area contributed by atoms with Crippen LogP contribution in [0.2, 0.25) is 0 Å². The first-order valence-electron chi connectivity index (χ1n) is 6.70. The molecule has 0 saturated heterocycles. The van der Waals surface area contributed by atoms with Gasteiger partial charge < -0.3 is 10.6 Å². The standard InChI is InChI=1S/C15H24N2/c1-11(2)9-12(3)10-17-8-7-13-5-4-6-14(16)15(13)17/h4-6,11-12H,7-10,16H2,1-3H3. The molecule has 1 atom stereocenters. The van der Waals surface area contributed by atoms with Gasteiger partial charge in [0.05, 0.1) is 11.4 Å². The quantitative estimate of drug-likeness (QED) is 0.807. The van der Waals surface area contributed by atoms with Gasteiger partial charge in [-0.3, -0.25) is 0 Å². The molecule has 0 spiro atoms. The molecule has 2 N–H and O–H groups in total. The third-order valence-electron chi connectivity index (χ3n) is 3.52. The lowest BCUT2D eigenvalue weighted by Gasteiger charge is -2.25. The van der Waals surface area contributed by atoms with Gasteiger partial charge in [0.1, 0.15) is 0 Å². The molecular formula is C15H24N2. The summed E-state index contributed by atoms with van der Waals surface area (Å²) in [5, 5.41) is 0. The van der Waals surface area contributed by atoms with Crippen LogP contribution in [0.3, 0.4) is 0 Å². The number of rotatable bonds is 4. The monoisotopic (exact) mass is 232 g/mol. The van der Waals surface area contributed by atoms with Crippen molar-refractivity contribution in [3.05, 3.63) is 23.8 Å². The molecule has 2 rings (SSSR count). The fourth-order valence-electron chi connectivity index (χ4n) is 3.00. The van der Waals surface area contributed by atoms with Gasteiger partial charge in [-0.25, -0.2) is 0 Å². The SMILES string of the molecule is CC(C)CC(C)CN1CCc2cccc(N)c21. The maximum absolute atomic E-state index is 6.10. The average molecular weight is 232 g/mol. The van der Waals surface area contributed by atoms with E-state index in [-0.39, 0.29) is 0 Å². The van der Waals surface area contributed by atoms with Crippen molar-refractivity contribution in [2.24, 2.45) is 11.8 Å². The summed E-state index contributed by atoms with van der Waals surface area (Å²) in [6, 6.07) is 6.29. The van der Waals surface area contributed by atoms with Crippen molar-refractivity contribution in [3.8, 4) is 0 Å². The lowest BCUT2D eigenvalue weighted by Crippen LogP contribution is -2.27. The molecule has 1 heterocycles. The van der Waals surface area contributed by atoms with Gasteiger partial charge in [-0.05, 0) is 36.3 Å². The van der Waals surface area contributed by atoms with Gasteiger partial charge in [0.25, 0.3) is 0 Å². The van der Waals surface area contributed by atoms with Gasteiger partial charge >= 0.3 is 0 Å². The summed E-state index contributed by atoms with van der Waals surface area (Å²) in [4.78, 5) is 2.47. The highest BCUT2D eigenvalue weighted by Crippen LogP contribution is 2.34. The Kier molecular flexibility index (Phi) is 3.60. The summed E-state index contributed by atoms with van der Waals surface area (Å²) in [6.45, 7) is 9.20. The Balaban J connectivity index is 2.07. The fraction of sp³-hybridized carbons (Fsp3) is 0.600. The molecule has 17 heavy (non-hydrogen) atoms. The highest BCUT2D eigenvalue weighted by Gasteiger charge is 2.22. The molecule has 1 unspecified atom stereocenters. The molecular weight excluding hydrogens is 208 g/mol. The molecule has 1 aromatic carbocycles. The number of anilines is 2. The van der Waals surface area contributed by atoms with E-state index in [1.54, 1.807) is 0 Å². The second-order valence-electron chi connectivity index (χ2n) is 5.79. The summed E-state index contributed by atoms with van der Waals surface area (Å²) >= 11 is 0. The van der Waals surface area contributed by atoms with E-state index in [0.29, 0.717) is 0 Å². The minimum Gasteiger partial charge on any atom is -0.397 e. The molecule has 2 nitrogen and oxygen atoms in total. The van der Waals surface area contributed by atoms with Crippen molar-refractivity contribution >= 4 is 11.4 Å². The van der Waals surface area contributed by atoms with E-state index in [9.17, 15) is 0 Å². The number of nitrogens with two attached hydrogens (primary N) is 1. The zero-order valence-corrected chi connectivity index (χ0v) is 11.2. The maximum Gasteiger partial charge on any atom is 0.0633 e. The number of hydrogen-bond acceptors (Lipinski definition) is 2. The Hall–Kier alpha value is -1.18. The van der Waals surface area contributed by atoms with Crippen LogP contribution in [0, 0.1) is 11.8 Å². The average Bonchev–Trinajstić information content (AvgIpc) is 2.61. The van der Waals surface area contributed by atoms with Crippen LogP contribution in [0.15, 0.2) is 18.2 Å². The lowest BCUT2D eigenvalue weighted by atomic mass is 9.98. The Morgan fingerprint density at radius 1 is 1.29 bits per heavy atom. The number of hydrogen-bond donors (Lipinski definition) is 1. The van der Waals surface area contributed by atoms with Crippen LogP contribution in [0.25, 0.3) is 0 Å². The third kappa shape index (κ3) is 2.74. The normalized spacial score (nSPS) is 16.4. The first-order chi connectivity index (χ1) is 8.08. The van der Waals surface area contributed by atoms with Crippen LogP contribution >= 0.6 is 0 Å². The molecule has 1 aromatic rings. The second kappa shape index (κ2) is 4.99. The van der Waals surface area contributed by atoms with E-state index in [2.05, 4.69) is 37.8 Å². The van der Waals surface area contributed by atoms with Crippen LogP contribution in [-0.2, 0) is 6.42 Å². The van der Waals surface area contributed by atoms with E-state index >= 15 is 0 Å². The topological polar surface area (TPSA) is 29.3 Å². The molecule has 0 fully saturated rings. The second-order valence-corrected chi connectivity index (χ2v) is 5.79. The van der Waals surface area contributed by atoms with E-state index in [0.717, 1.165) is 37.0 Å². The van der Waals surface area contributed by atoms with Gasteiger partial charge in [-0.1, -0.05) is 32.9 Å². The minimum absolute atomic E-state index is 0.737. The van der Waals surface area contributed by atoms with Gasteiger partial charge in [0.2, 0.25) is 0 Å². The Labute approximate surface area is 105 Å². The molecule has 0 amide bonds. The molecule has 0 aliphatic carbocycles. The highest BCUT2D eigenvalue weighted by atomic mass is 15.2. The first kappa shape index (κ1) is 12.3. The molecule has 0 radical (unpaired) electrons. The smallest absolute Gasteiger partial charge is 0.0633 e. The number of nitrogen functional groups attached to an aromatic ring is 1. The van der Waals surface area contributed by atoms with Gasteiger partial charge in [-0.2, -0.15) is 0 Å². The van der Waals surface area contributed by atoms with Crippen LogP contribution in [0.4, 0.5) is 11.4 Å². The van der Waals surface area contributed by atoms with E-state index in [4.69, 9.17) is 5.73 Å². The third-order valence-corrected chi connectivity index (χ3v) is 3.52. The summed E-state index contributed by atoms with van der Waals surface area (Å²) in [6.07, 6.45) is 2.44. The first-order valence-corrected chi connectivity index (χ1v) is 6.70. The van der Waals surface area contributed by atoms with Crippen molar-refractivity contribution in [1.82, 2.24) is 0 Å². The number of nitrogens with zero attached hydrogens (tertiary/aromatic N) is 1. The zero-order chi connectivity index (χ0) is 12.4. The minimum atomic E-state index is 0.737. The van der Waals surface area contributed by atoms with Crippen LogP contribution in [-0.4, -0.2) is 13.1 Å². The highest BCUT2D eigenvalue weighted by molar-refractivity contribution is 5.74.